The molecule has 7 heteroatoms. The van der Waals surface area contributed by atoms with Gasteiger partial charge in [-0.05, 0) is 103 Å². The molecule has 0 unspecified atom stereocenters. The van der Waals surface area contributed by atoms with E-state index >= 15 is 0 Å². The van der Waals surface area contributed by atoms with E-state index in [9.17, 15) is 14.0 Å². The Morgan fingerprint density at radius 3 is 2.54 bits per heavy atom. The average Bonchev–Trinajstić information content (AvgIpc) is 2.79. The van der Waals surface area contributed by atoms with Crippen LogP contribution in [0.5, 0.6) is 5.75 Å². The lowest BCUT2D eigenvalue weighted by Crippen LogP contribution is -2.31. The largest absolute Gasteiger partial charge is 0.482 e. The molecule has 1 saturated carbocycles. The summed E-state index contributed by atoms with van der Waals surface area (Å²) in [5.74, 6) is 0.0355. The summed E-state index contributed by atoms with van der Waals surface area (Å²) in [6, 6.07) is 7.50. The molecule has 0 bridgehead atoms. The van der Waals surface area contributed by atoms with Crippen LogP contribution in [0.4, 0.5) is 10.1 Å². The molecule has 35 heavy (non-hydrogen) atoms. The minimum absolute atomic E-state index is 0.154. The SMILES string of the molecule is CCOC(=O)c1ccc(NC(=O)c2cc(Br)c3c(c2)C([C@H]2CC[C@@H](C)CC2)=CC(C)(C)O3)cc1F. The maximum Gasteiger partial charge on any atom is 0.341 e. The number of benzene rings is 2. The van der Waals surface area contributed by atoms with Gasteiger partial charge < -0.3 is 14.8 Å². The Bertz CT molecular complexity index is 1180. The number of esters is 1. The third-order valence-corrected chi connectivity index (χ3v) is 7.25. The minimum atomic E-state index is -0.750. The van der Waals surface area contributed by atoms with E-state index in [-0.39, 0.29) is 23.8 Å². The first-order valence-electron chi connectivity index (χ1n) is 12.1. The number of hydrogen-bond acceptors (Lipinski definition) is 4. The summed E-state index contributed by atoms with van der Waals surface area (Å²) in [5, 5.41) is 2.74. The van der Waals surface area contributed by atoms with E-state index < -0.39 is 17.4 Å². The minimum Gasteiger partial charge on any atom is -0.482 e. The normalized spacial score (nSPS) is 20.8. The van der Waals surface area contributed by atoms with Crippen molar-refractivity contribution in [1.29, 1.82) is 0 Å². The molecule has 1 N–H and O–H groups in total. The van der Waals surface area contributed by atoms with Gasteiger partial charge in [0.15, 0.2) is 0 Å². The van der Waals surface area contributed by atoms with Gasteiger partial charge in [-0.3, -0.25) is 4.79 Å². The average molecular weight is 544 g/mol. The van der Waals surface area contributed by atoms with Gasteiger partial charge in [0.25, 0.3) is 5.91 Å². The fraction of sp³-hybridized carbons (Fsp3) is 0.429. The second-order valence-electron chi connectivity index (χ2n) is 9.97. The van der Waals surface area contributed by atoms with Crippen molar-refractivity contribution in [3.8, 4) is 5.75 Å². The Labute approximate surface area is 214 Å². The molecule has 1 heterocycles. The molecule has 0 spiro atoms. The van der Waals surface area contributed by atoms with Gasteiger partial charge in [0.1, 0.15) is 17.2 Å². The summed E-state index contributed by atoms with van der Waals surface area (Å²) >= 11 is 3.61. The summed E-state index contributed by atoms with van der Waals surface area (Å²) in [6.45, 7) is 8.20. The third kappa shape index (κ3) is 5.61. The van der Waals surface area contributed by atoms with Crippen LogP contribution in [0.3, 0.4) is 0 Å². The molecular weight excluding hydrogens is 513 g/mol. The highest BCUT2D eigenvalue weighted by atomic mass is 79.9. The van der Waals surface area contributed by atoms with Crippen LogP contribution >= 0.6 is 15.9 Å². The number of allylic oxidation sites excluding steroid dienone is 1. The van der Waals surface area contributed by atoms with Gasteiger partial charge in [-0.2, -0.15) is 0 Å². The quantitative estimate of drug-likeness (QED) is 0.399. The lowest BCUT2D eigenvalue weighted by Gasteiger charge is -2.37. The number of nitrogens with one attached hydrogen (secondary N) is 1. The predicted molar refractivity (Wildman–Crippen MR) is 138 cm³/mol. The standard InChI is InChI=1S/C28H31BrFNO4/c1-5-34-27(33)20-11-10-19(14-24(20)30)31-26(32)18-12-21-22(17-8-6-16(2)7-9-17)15-28(3,4)35-25(21)23(29)13-18/h10-17H,5-9H2,1-4H3,(H,31,32)/t16-,17+. The van der Waals surface area contributed by atoms with Gasteiger partial charge in [0.2, 0.25) is 0 Å². The third-order valence-electron chi connectivity index (χ3n) is 6.66. The number of amides is 1. The van der Waals surface area contributed by atoms with Crippen molar-refractivity contribution in [2.45, 2.75) is 59.0 Å². The number of fused-ring (bicyclic) bond motifs is 1. The number of anilines is 1. The molecule has 1 aliphatic carbocycles. The predicted octanol–water partition coefficient (Wildman–Crippen LogP) is 7.40. The number of carbonyl (C=O) groups is 2. The molecular formula is C28H31BrFNO4. The van der Waals surface area contributed by atoms with Gasteiger partial charge in [0.05, 0.1) is 16.6 Å². The molecule has 0 radical (unpaired) electrons. The van der Waals surface area contributed by atoms with E-state index in [2.05, 4.69) is 34.2 Å². The lowest BCUT2D eigenvalue weighted by molar-refractivity contribution is 0.0521. The first-order chi connectivity index (χ1) is 16.6. The Hall–Kier alpha value is -2.67. The molecule has 2 aliphatic rings. The van der Waals surface area contributed by atoms with Gasteiger partial charge in [-0.25, -0.2) is 9.18 Å². The molecule has 1 aliphatic heterocycles. The Balaban J connectivity index is 1.62. The van der Waals surface area contributed by atoms with Crippen LogP contribution in [0.1, 0.15) is 79.7 Å². The van der Waals surface area contributed by atoms with Crippen LogP contribution in [0, 0.1) is 17.7 Å². The molecule has 1 amide bonds. The number of ether oxygens (including phenoxy) is 2. The summed E-state index contributed by atoms with van der Waals surface area (Å²) in [6.07, 6.45) is 6.79. The number of rotatable bonds is 5. The molecule has 186 valence electrons. The molecule has 2 aromatic rings. The topological polar surface area (TPSA) is 64.6 Å². The van der Waals surface area contributed by atoms with Crippen molar-refractivity contribution in [3.63, 3.8) is 0 Å². The highest BCUT2D eigenvalue weighted by molar-refractivity contribution is 9.10. The Morgan fingerprint density at radius 1 is 1.17 bits per heavy atom. The van der Waals surface area contributed by atoms with Crippen molar-refractivity contribution in [3.05, 3.63) is 63.4 Å². The van der Waals surface area contributed by atoms with Crippen LogP contribution in [-0.4, -0.2) is 24.1 Å². The first-order valence-corrected chi connectivity index (χ1v) is 12.9. The zero-order valence-corrected chi connectivity index (χ0v) is 22.1. The fourth-order valence-corrected chi connectivity index (χ4v) is 5.41. The molecule has 0 aromatic heterocycles. The smallest absolute Gasteiger partial charge is 0.341 e. The van der Waals surface area contributed by atoms with E-state index in [1.165, 1.54) is 30.5 Å². The van der Waals surface area contributed by atoms with Crippen molar-refractivity contribution in [2.24, 2.45) is 11.8 Å². The number of carbonyl (C=O) groups excluding carboxylic acids is 2. The van der Waals surface area contributed by atoms with Gasteiger partial charge in [-0.1, -0.05) is 19.8 Å². The fourth-order valence-electron chi connectivity index (χ4n) is 4.87. The summed E-state index contributed by atoms with van der Waals surface area (Å²) < 4.78 is 26.3. The second kappa shape index (κ2) is 10.1. The van der Waals surface area contributed by atoms with Crippen molar-refractivity contribution < 1.29 is 23.5 Å². The zero-order chi connectivity index (χ0) is 25.3. The van der Waals surface area contributed by atoms with Crippen LogP contribution in [0.15, 0.2) is 40.9 Å². The van der Waals surface area contributed by atoms with Crippen LogP contribution < -0.4 is 10.1 Å². The Morgan fingerprint density at radius 2 is 1.89 bits per heavy atom. The van der Waals surface area contributed by atoms with Gasteiger partial charge >= 0.3 is 5.97 Å². The molecule has 0 saturated heterocycles. The van der Waals surface area contributed by atoms with Crippen molar-refractivity contribution in [2.75, 3.05) is 11.9 Å². The highest BCUT2D eigenvalue weighted by Crippen LogP contribution is 2.47. The van der Waals surface area contributed by atoms with E-state index in [4.69, 9.17) is 9.47 Å². The monoisotopic (exact) mass is 543 g/mol. The second-order valence-corrected chi connectivity index (χ2v) is 10.8. The first kappa shape index (κ1) is 25.4. The maximum absolute atomic E-state index is 14.4. The molecule has 4 rings (SSSR count). The van der Waals surface area contributed by atoms with Crippen molar-refractivity contribution in [1.82, 2.24) is 0 Å². The summed E-state index contributed by atoms with van der Waals surface area (Å²) in [5.41, 5.74) is 2.22. The van der Waals surface area contributed by atoms with Crippen molar-refractivity contribution >= 4 is 39.1 Å². The van der Waals surface area contributed by atoms with E-state index in [1.54, 1.807) is 13.0 Å². The van der Waals surface area contributed by atoms with Crippen LogP contribution in [0.25, 0.3) is 5.57 Å². The van der Waals surface area contributed by atoms with E-state index in [1.807, 2.05) is 19.9 Å². The maximum atomic E-state index is 14.4. The number of hydrogen-bond donors (Lipinski definition) is 1. The number of halogens is 2. The summed E-state index contributed by atoms with van der Waals surface area (Å²) in [4.78, 5) is 25.0. The van der Waals surface area contributed by atoms with Gasteiger partial charge in [0, 0.05) is 16.8 Å². The highest BCUT2D eigenvalue weighted by Gasteiger charge is 2.33. The Kier molecular flexibility index (Phi) is 7.36. The van der Waals surface area contributed by atoms with E-state index in [0.29, 0.717) is 16.0 Å². The molecule has 0 atom stereocenters. The molecule has 2 aromatic carbocycles. The zero-order valence-electron chi connectivity index (χ0n) is 20.5. The van der Waals surface area contributed by atoms with Crippen LogP contribution in [-0.2, 0) is 4.74 Å². The van der Waals surface area contributed by atoms with Gasteiger partial charge in [-0.15, -0.1) is 0 Å². The summed E-state index contributed by atoms with van der Waals surface area (Å²) in [7, 11) is 0. The van der Waals surface area contributed by atoms with Crippen LogP contribution in [0.2, 0.25) is 0 Å². The van der Waals surface area contributed by atoms with E-state index in [0.717, 1.165) is 36.1 Å². The molecule has 1 fully saturated rings. The molecule has 5 nitrogen and oxygen atoms in total. The lowest BCUT2D eigenvalue weighted by atomic mass is 9.75.